The van der Waals surface area contributed by atoms with Gasteiger partial charge in [-0.25, -0.2) is 0 Å². The molecule has 2 atom stereocenters. The van der Waals surface area contributed by atoms with Crippen LogP contribution >= 0.6 is 0 Å². The van der Waals surface area contributed by atoms with Gasteiger partial charge in [0.25, 0.3) is 0 Å². The van der Waals surface area contributed by atoms with Gasteiger partial charge in [-0.2, -0.15) is 0 Å². The second kappa shape index (κ2) is 5.13. The molecule has 2 rings (SSSR count). The van der Waals surface area contributed by atoms with E-state index in [2.05, 4.69) is 12.2 Å². The van der Waals surface area contributed by atoms with Crippen LogP contribution in [0.25, 0.3) is 0 Å². The number of likely N-dealkylation sites (N-methyl/N-ethyl adjacent to an activating group) is 1. The minimum absolute atomic E-state index is 0.508. The van der Waals surface area contributed by atoms with E-state index in [1.165, 1.54) is 38.5 Å². The van der Waals surface area contributed by atoms with Gasteiger partial charge < -0.3 is 10.1 Å². The van der Waals surface area contributed by atoms with Crippen LogP contribution in [0, 0.1) is 5.92 Å². The first kappa shape index (κ1) is 10.4. The Labute approximate surface area is 87.4 Å². The van der Waals surface area contributed by atoms with Gasteiger partial charge in [0.05, 0.1) is 6.10 Å². The molecule has 0 aromatic rings. The minimum Gasteiger partial charge on any atom is -0.377 e. The third-order valence-corrected chi connectivity index (χ3v) is 3.71. The highest BCUT2D eigenvalue weighted by Gasteiger charge is 2.33. The number of hydrogen-bond donors (Lipinski definition) is 1. The molecule has 0 aromatic carbocycles. The summed E-state index contributed by atoms with van der Waals surface area (Å²) in [5.41, 5.74) is 0. The zero-order valence-electron chi connectivity index (χ0n) is 9.30. The van der Waals surface area contributed by atoms with Crippen LogP contribution in [0.4, 0.5) is 0 Å². The smallest absolute Gasteiger partial charge is 0.0730 e. The van der Waals surface area contributed by atoms with E-state index < -0.39 is 0 Å². The van der Waals surface area contributed by atoms with E-state index in [-0.39, 0.29) is 0 Å². The Bertz CT molecular complexity index is 162. The molecule has 1 saturated carbocycles. The highest BCUT2D eigenvalue weighted by Crippen LogP contribution is 2.33. The molecule has 0 bridgehead atoms. The van der Waals surface area contributed by atoms with Crippen molar-refractivity contribution in [2.24, 2.45) is 5.92 Å². The van der Waals surface area contributed by atoms with Crippen LogP contribution < -0.4 is 5.32 Å². The van der Waals surface area contributed by atoms with Gasteiger partial charge in [-0.1, -0.05) is 13.3 Å². The Morgan fingerprint density at radius 2 is 2.07 bits per heavy atom. The van der Waals surface area contributed by atoms with Crippen molar-refractivity contribution < 1.29 is 4.74 Å². The third-order valence-electron chi connectivity index (χ3n) is 3.71. The monoisotopic (exact) mass is 197 g/mol. The molecule has 1 heterocycles. The van der Waals surface area contributed by atoms with Gasteiger partial charge in [0.2, 0.25) is 0 Å². The van der Waals surface area contributed by atoms with Gasteiger partial charge in [0, 0.05) is 12.6 Å². The molecule has 2 fully saturated rings. The first-order valence-corrected chi connectivity index (χ1v) is 6.27. The quantitative estimate of drug-likeness (QED) is 0.747. The fourth-order valence-electron chi connectivity index (χ4n) is 2.69. The second-order valence-electron chi connectivity index (χ2n) is 4.68. The molecule has 0 spiro atoms. The van der Waals surface area contributed by atoms with E-state index in [1.54, 1.807) is 0 Å². The highest BCUT2D eigenvalue weighted by molar-refractivity contribution is 4.89. The molecule has 82 valence electrons. The molecule has 1 aliphatic heterocycles. The predicted octanol–water partition coefficient (Wildman–Crippen LogP) is 2.33. The lowest BCUT2D eigenvalue weighted by atomic mass is 9.76. The second-order valence-corrected chi connectivity index (χ2v) is 4.68. The highest BCUT2D eigenvalue weighted by atomic mass is 16.5. The Kier molecular flexibility index (Phi) is 3.82. The lowest BCUT2D eigenvalue weighted by molar-refractivity contribution is -0.0303. The maximum Gasteiger partial charge on any atom is 0.0730 e. The van der Waals surface area contributed by atoms with E-state index in [1.807, 2.05) is 0 Å². The molecule has 2 heteroatoms. The van der Waals surface area contributed by atoms with Gasteiger partial charge in [-0.3, -0.25) is 0 Å². The molecule has 0 amide bonds. The van der Waals surface area contributed by atoms with Crippen LogP contribution in [0.5, 0.6) is 0 Å². The van der Waals surface area contributed by atoms with Crippen molar-refractivity contribution in [1.82, 2.24) is 5.32 Å². The minimum atomic E-state index is 0.508. The van der Waals surface area contributed by atoms with Crippen molar-refractivity contribution >= 4 is 0 Å². The van der Waals surface area contributed by atoms with Crippen LogP contribution in [0.3, 0.4) is 0 Å². The topological polar surface area (TPSA) is 21.3 Å². The number of hydrogen-bond acceptors (Lipinski definition) is 2. The number of rotatable bonds is 4. The maximum absolute atomic E-state index is 5.89. The molecule has 2 unspecified atom stereocenters. The molecule has 1 saturated heterocycles. The van der Waals surface area contributed by atoms with Crippen LogP contribution in [0.2, 0.25) is 0 Å². The number of nitrogens with one attached hydrogen (secondary N) is 1. The summed E-state index contributed by atoms with van der Waals surface area (Å²) in [6.07, 6.45) is 8.66. The van der Waals surface area contributed by atoms with Gasteiger partial charge >= 0.3 is 0 Å². The summed E-state index contributed by atoms with van der Waals surface area (Å²) in [4.78, 5) is 0. The number of ether oxygens (including phenoxy) is 1. The normalized spacial score (nSPS) is 31.1. The van der Waals surface area contributed by atoms with Crippen molar-refractivity contribution in [3.05, 3.63) is 0 Å². The molecule has 0 aromatic heterocycles. The summed E-state index contributed by atoms with van der Waals surface area (Å²) in [7, 11) is 0. The summed E-state index contributed by atoms with van der Waals surface area (Å²) in [5.74, 6) is 0.901. The van der Waals surface area contributed by atoms with Crippen molar-refractivity contribution in [1.29, 1.82) is 0 Å². The predicted molar refractivity (Wildman–Crippen MR) is 58.4 cm³/mol. The van der Waals surface area contributed by atoms with Crippen molar-refractivity contribution in [2.45, 2.75) is 57.6 Å². The lowest BCUT2D eigenvalue weighted by Gasteiger charge is -2.40. The van der Waals surface area contributed by atoms with E-state index >= 15 is 0 Å². The lowest BCUT2D eigenvalue weighted by Crippen LogP contribution is -2.49. The van der Waals surface area contributed by atoms with E-state index in [0.29, 0.717) is 12.1 Å². The van der Waals surface area contributed by atoms with Gasteiger partial charge in [-0.15, -0.1) is 0 Å². The summed E-state index contributed by atoms with van der Waals surface area (Å²) in [6, 6.07) is 0.647. The van der Waals surface area contributed by atoms with Crippen LogP contribution in [0.15, 0.2) is 0 Å². The Morgan fingerprint density at radius 1 is 1.21 bits per heavy atom. The largest absolute Gasteiger partial charge is 0.377 e. The molecule has 1 aliphatic carbocycles. The zero-order chi connectivity index (χ0) is 9.80. The van der Waals surface area contributed by atoms with Gasteiger partial charge in [0.1, 0.15) is 0 Å². The summed E-state index contributed by atoms with van der Waals surface area (Å²) < 4.78 is 5.89. The third kappa shape index (κ3) is 2.29. The molecule has 2 nitrogen and oxygen atoms in total. The standard InChI is InChI=1S/C12H23NO/c1-2-13-12(10-6-5-7-10)11-8-3-4-9-14-11/h10-13H,2-9H2,1H3. The maximum atomic E-state index is 5.89. The van der Waals surface area contributed by atoms with Gasteiger partial charge in [0.15, 0.2) is 0 Å². The summed E-state index contributed by atoms with van der Waals surface area (Å²) in [5, 5.41) is 3.63. The summed E-state index contributed by atoms with van der Waals surface area (Å²) >= 11 is 0. The van der Waals surface area contributed by atoms with Gasteiger partial charge in [-0.05, 0) is 44.6 Å². The zero-order valence-corrected chi connectivity index (χ0v) is 9.30. The Morgan fingerprint density at radius 3 is 2.57 bits per heavy atom. The van der Waals surface area contributed by atoms with Crippen LogP contribution in [-0.4, -0.2) is 25.3 Å². The van der Waals surface area contributed by atoms with E-state index in [9.17, 15) is 0 Å². The SMILES string of the molecule is CCNC(C1CCC1)C1CCCCO1. The average Bonchev–Trinajstić information content (AvgIpc) is 2.16. The van der Waals surface area contributed by atoms with Crippen molar-refractivity contribution in [3.63, 3.8) is 0 Å². The Hall–Kier alpha value is -0.0800. The molecule has 2 aliphatic rings. The summed E-state index contributed by atoms with van der Waals surface area (Å²) in [6.45, 7) is 4.27. The Balaban J connectivity index is 1.86. The molecule has 1 N–H and O–H groups in total. The fourth-order valence-corrected chi connectivity index (χ4v) is 2.69. The molecule has 0 radical (unpaired) electrons. The van der Waals surface area contributed by atoms with Crippen molar-refractivity contribution in [2.75, 3.05) is 13.2 Å². The fraction of sp³-hybridized carbons (Fsp3) is 1.00. The average molecular weight is 197 g/mol. The van der Waals surface area contributed by atoms with Crippen molar-refractivity contribution in [3.8, 4) is 0 Å². The first-order valence-electron chi connectivity index (χ1n) is 6.27. The molecule has 14 heavy (non-hydrogen) atoms. The van der Waals surface area contributed by atoms with Crippen LogP contribution in [0.1, 0.15) is 45.4 Å². The molecular weight excluding hydrogens is 174 g/mol. The molecular formula is C12H23NO. The van der Waals surface area contributed by atoms with E-state index in [4.69, 9.17) is 4.74 Å². The van der Waals surface area contributed by atoms with Crippen LogP contribution in [-0.2, 0) is 4.74 Å². The van der Waals surface area contributed by atoms with E-state index in [0.717, 1.165) is 19.1 Å². The first-order chi connectivity index (χ1) is 6.92.